The van der Waals surface area contributed by atoms with Crippen molar-refractivity contribution in [1.29, 1.82) is 0 Å². The van der Waals surface area contributed by atoms with Crippen LogP contribution in [0.25, 0.3) is 0 Å². The maximum absolute atomic E-state index is 6.02. The molecular weight excluding hydrogens is 402 g/mol. The molecule has 0 bridgehead atoms. The molecule has 1 atom stereocenters. The van der Waals surface area contributed by atoms with Crippen LogP contribution in [0.2, 0.25) is 5.02 Å². The zero-order valence-corrected chi connectivity index (χ0v) is 20.2. The average Bonchev–Trinajstić information content (AvgIpc) is 2.75. The number of likely N-dealkylation sites (N-methyl/N-ethyl adjacent to an activating group) is 1. The first-order valence-corrected chi connectivity index (χ1v) is 12.3. The number of para-hydroxylation sites is 1. The lowest BCUT2D eigenvalue weighted by Crippen LogP contribution is -2.37. The molecule has 2 aromatic carbocycles. The number of halogens is 1. The fourth-order valence-electron chi connectivity index (χ4n) is 4.51. The second-order valence-corrected chi connectivity index (χ2v) is 9.61. The van der Waals surface area contributed by atoms with E-state index < -0.39 is 0 Å². The van der Waals surface area contributed by atoms with Crippen LogP contribution in [0.5, 0.6) is 0 Å². The number of fused-ring (bicyclic) bond motifs is 1. The maximum atomic E-state index is 6.02. The Morgan fingerprint density at radius 3 is 2.32 bits per heavy atom. The summed E-state index contributed by atoms with van der Waals surface area (Å²) in [4.78, 5) is 7.54. The number of nitrogens with one attached hydrogen (secondary N) is 1. The molecule has 1 aliphatic rings. The van der Waals surface area contributed by atoms with Gasteiger partial charge in [-0.2, -0.15) is 0 Å². The number of hydrogen-bond acceptors (Lipinski definition) is 3. The van der Waals surface area contributed by atoms with E-state index in [-0.39, 0.29) is 5.54 Å². The third-order valence-corrected chi connectivity index (χ3v) is 6.47. The maximum Gasteiger partial charge on any atom is 0.116 e. The Kier molecular flexibility index (Phi) is 8.98. The number of anilines is 1. The molecule has 3 rings (SSSR count). The Morgan fingerprint density at radius 2 is 1.58 bits per heavy atom. The van der Waals surface area contributed by atoms with Crippen LogP contribution >= 0.6 is 11.6 Å². The summed E-state index contributed by atoms with van der Waals surface area (Å²) < 4.78 is 0. The van der Waals surface area contributed by atoms with E-state index in [0.29, 0.717) is 0 Å². The number of amidine groups is 1. The van der Waals surface area contributed by atoms with Gasteiger partial charge < -0.3 is 5.32 Å². The number of aliphatic imine (C=N–C) groups is 1. The number of nitrogens with zero attached hydrogens (tertiary/aromatic N) is 2. The summed E-state index contributed by atoms with van der Waals surface area (Å²) >= 11 is 6.02. The minimum Gasteiger partial charge on any atom is -0.343 e. The van der Waals surface area contributed by atoms with Gasteiger partial charge in [-0.1, -0.05) is 93.8 Å². The van der Waals surface area contributed by atoms with E-state index in [1.54, 1.807) is 0 Å². The van der Waals surface area contributed by atoms with Gasteiger partial charge in [0.05, 0.1) is 12.1 Å². The SMILES string of the molecule is CCCCCCCCCC1(C)N=C(CN(C)Cc2ccc(Cl)cc2)Nc2ccccc21. The zero-order valence-electron chi connectivity index (χ0n) is 19.5. The van der Waals surface area contributed by atoms with E-state index in [4.69, 9.17) is 16.6 Å². The summed E-state index contributed by atoms with van der Waals surface area (Å²) in [5, 5.41) is 4.37. The second kappa shape index (κ2) is 11.7. The number of hydrogen-bond donors (Lipinski definition) is 1. The van der Waals surface area contributed by atoms with E-state index in [0.717, 1.165) is 30.4 Å². The van der Waals surface area contributed by atoms with Crippen molar-refractivity contribution < 1.29 is 0 Å². The fraction of sp³-hybridized carbons (Fsp3) is 0.519. The molecule has 3 nitrogen and oxygen atoms in total. The van der Waals surface area contributed by atoms with Crippen molar-refractivity contribution in [2.45, 2.75) is 77.3 Å². The van der Waals surface area contributed by atoms with Gasteiger partial charge in [0.2, 0.25) is 0 Å². The van der Waals surface area contributed by atoms with Crippen molar-refractivity contribution in [2.24, 2.45) is 4.99 Å². The molecular formula is C27H38ClN3. The van der Waals surface area contributed by atoms with Crippen molar-refractivity contribution in [1.82, 2.24) is 4.90 Å². The summed E-state index contributed by atoms with van der Waals surface area (Å²) in [5.74, 6) is 1.06. The normalized spacial score (nSPS) is 17.9. The van der Waals surface area contributed by atoms with Crippen LogP contribution in [-0.4, -0.2) is 24.3 Å². The first kappa shape index (κ1) is 23.8. The second-order valence-electron chi connectivity index (χ2n) is 9.17. The molecule has 0 fully saturated rings. The van der Waals surface area contributed by atoms with Crippen molar-refractivity contribution in [3.8, 4) is 0 Å². The van der Waals surface area contributed by atoms with E-state index in [1.165, 1.54) is 61.8 Å². The Hall–Kier alpha value is -1.84. The topological polar surface area (TPSA) is 27.6 Å². The molecule has 1 heterocycles. The first-order valence-electron chi connectivity index (χ1n) is 11.9. The van der Waals surface area contributed by atoms with Crippen LogP contribution in [0.4, 0.5) is 5.69 Å². The molecule has 168 valence electrons. The molecule has 0 saturated heterocycles. The Morgan fingerprint density at radius 1 is 0.903 bits per heavy atom. The number of rotatable bonds is 12. The third-order valence-electron chi connectivity index (χ3n) is 6.22. The first-order chi connectivity index (χ1) is 15.0. The summed E-state index contributed by atoms with van der Waals surface area (Å²) in [6, 6.07) is 16.8. The van der Waals surface area contributed by atoms with Gasteiger partial charge in [-0.3, -0.25) is 9.89 Å². The summed E-state index contributed by atoms with van der Waals surface area (Å²) in [6.07, 6.45) is 10.4. The predicted octanol–water partition coefficient (Wildman–Crippen LogP) is 7.65. The van der Waals surface area contributed by atoms with Gasteiger partial charge in [0, 0.05) is 22.8 Å². The molecule has 0 amide bonds. The van der Waals surface area contributed by atoms with E-state index in [2.05, 4.69) is 67.5 Å². The van der Waals surface area contributed by atoms with Gasteiger partial charge >= 0.3 is 0 Å². The van der Waals surface area contributed by atoms with Gasteiger partial charge in [0.1, 0.15) is 5.84 Å². The molecule has 1 unspecified atom stereocenters. The zero-order chi connectivity index (χ0) is 22.1. The minimum absolute atomic E-state index is 0.151. The lowest BCUT2D eigenvalue weighted by Gasteiger charge is -2.35. The highest BCUT2D eigenvalue weighted by Crippen LogP contribution is 2.39. The highest BCUT2D eigenvalue weighted by atomic mass is 35.5. The van der Waals surface area contributed by atoms with Gasteiger partial charge in [-0.15, -0.1) is 0 Å². The third kappa shape index (κ3) is 7.08. The summed E-state index contributed by atoms with van der Waals surface area (Å²) in [6.45, 7) is 6.25. The Balaban J connectivity index is 1.62. The smallest absolute Gasteiger partial charge is 0.116 e. The minimum atomic E-state index is -0.151. The van der Waals surface area contributed by atoms with Crippen molar-refractivity contribution in [2.75, 3.05) is 18.9 Å². The quantitative estimate of drug-likeness (QED) is 0.344. The van der Waals surface area contributed by atoms with Gasteiger partial charge in [-0.25, -0.2) is 0 Å². The standard InChI is InChI=1S/C27H38ClN3/c1-4-5-6-7-8-9-12-19-27(2)24-13-10-11-14-25(24)29-26(30-27)21-31(3)20-22-15-17-23(28)18-16-22/h10-11,13-18H,4-9,12,19-21H2,1-3H3,(H,29,30). The molecule has 0 aliphatic carbocycles. The van der Waals surface area contributed by atoms with Gasteiger partial charge in [-0.05, 0) is 44.2 Å². The summed E-state index contributed by atoms with van der Waals surface area (Å²) in [7, 11) is 2.15. The lowest BCUT2D eigenvalue weighted by atomic mass is 9.84. The Labute approximate surface area is 193 Å². The molecule has 2 aromatic rings. The molecule has 0 saturated carbocycles. The van der Waals surface area contributed by atoms with Gasteiger partial charge in [0.25, 0.3) is 0 Å². The molecule has 4 heteroatoms. The Bertz CT molecular complexity index is 846. The number of benzene rings is 2. The van der Waals surface area contributed by atoms with Crippen molar-refractivity contribution >= 4 is 23.1 Å². The average molecular weight is 440 g/mol. The van der Waals surface area contributed by atoms with E-state index in [9.17, 15) is 0 Å². The molecule has 0 radical (unpaired) electrons. The highest BCUT2D eigenvalue weighted by Gasteiger charge is 2.32. The molecule has 1 N–H and O–H groups in total. The summed E-state index contributed by atoms with van der Waals surface area (Å²) in [5.41, 5.74) is 3.64. The van der Waals surface area contributed by atoms with Crippen molar-refractivity contribution in [3.63, 3.8) is 0 Å². The van der Waals surface area contributed by atoms with Crippen LogP contribution < -0.4 is 5.32 Å². The van der Waals surface area contributed by atoms with Crippen LogP contribution in [0.3, 0.4) is 0 Å². The lowest BCUT2D eigenvalue weighted by molar-refractivity contribution is 0.367. The van der Waals surface area contributed by atoms with Crippen LogP contribution in [0.1, 0.15) is 76.3 Å². The molecule has 0 spiro atoms. The van der Waals surface area contributed by atoms with Crippen LogP contribution in [0.15, 0.2) is 53.5 Å². The van der Waals surface area contributed by atoms with E-state index >= 15 is 0 Å². The fourth-order valence-corrected chi connectivity index (χ4v) is 4.63. The van der Waals surface area contributed by atoms with E-state index in [1.807, 2.05) is 12.1 Å². The monoisotopic (exact) mass is 439 g/mol. The predicted molar refractivity (Wildman–Crippen MR) is 135 cm³/mol. The molecule has 0 aromatic heterocycles. The van der Waals surface area contributed by atoms with Gasteiger partial charge in [0.15, 0.2) is 0 Å². The number of unbranched alkanes of at least 4 members (excludes halogenated alkanes) is 6. The highest BCUT2D eigenvalue weighted by molar-refractivity contribution is 6.30. The largest absolute Gasteiger partial charge is 0.343 e. The van der Waals surface area contributed by atoms with Crippen molar-refractivity contribution in [3.05, 3.63) is 64.7 Å². The molecule has 1 aliphatic heterocycles. The van der Waals surface area contributed by atoms with Crippen LogP contribution in [-0.2, 0) is 12.1 Å². The molecule has 31 heavy (non-hydrogen) atoms. The van der Waals surface area contributed by atoms with Crippen LogP contribution in [0, 0.1) is 0 Å².